The Labute approximate surface area is 177 Å². The Kier molecular flexibility index (Phi) is 6.43. The third kappa shape index (κ3) is 4.89. The zero-order valence-corrected chi connectivity index (χ0v) is 17.2. The van der Waals surface area contributed by atoms with Crippen LogP contribution in [0.15, 0.2) is 71.2 Å². The topological polar surface area (TPSA) is 79.2 Å². The van der Waals surface area contributed by atoms with Gasteiger partial charge in [0.25, 0.3) is 5.91 Å². The summed E-state index contributed by atoms with van der Waals surface area (Å²) in [6.07, 6.45) is 0. The summed E-state index contributed by atoms with van der Waals surface area (Å²) in [7, 11) is 0. The quantitative estimate of drug-likeness (QED) is 0.551. The second kappa shape index (κ2) is 9.18. The third-order valence-corrected chi connectivity index (χ3v) is 4.87. The van der Waals surface area contributed by atoms with Crippen molar-refractivity contribution in [2.75, 3.05) is 11.9 Å². The van der Waals surface area contributed by atoms with Crippen molar-refractivity contribution in [1.29, 1.82) is 5.26 Å². The monoisotopic (exact) mass is 448 g/mol. The number of carbonyl (C=O) groups excluding carboxylic acids is 2. The lowest BCUT2D eigenvalue weighted by Crippen LogP contribution is -2.21. The average molecular weight is 449 g/mol. The molecule has 0 heterocycles. The molecule has 0 spiro atoms. The van der Waals surface area contributed by atoms with Crippen LogP contribution in [0.5, 0.6) is 0 Å². The van der Waals surface area contributed by atoms with Gasteiger partial charge in [-0.1, -0.05) is 42.5 Å². The van der Waals surface area contributed by atoms with Crippen LogP contribution in [0.1, 0.15) is 21.5 Å². The minimum absolute atomic E-state index is 0.291. The van der Waals surface area contributed by atoms with Crippen LogP contribution in [0.4, 0.5) is 5.69 Å². The molecule has 0 aliphatic heterocycles. The number of nitriles is 1. The van der Waals surface area contributed by atoms with E-state index < -0.39 is 18.5 Å². The number of ether oxygens (including phenoxy) is 1. The van der Waals surface area contributed by atoms with E-state index in [2.05, 4.69) is 27.3 Å². The fourth-order valence-corrected chi connectivity index (χ4v) is 3.42. The molecule has 0 unspecified atom stereocenters. The Morgan fingerprint density at radius 1 is 1.03 bits per heavy atom. The minimum Gasteiger partial charge on any atom is -0.452 e. The summed E-state index contributed by atoms with van der Waals surface area (Å²) in [5.74, 6) is -1.08. The predicted octanol–water partition coefficient (Wildman–Crippen LogP) is 5.09. The first-order chi connectivity index (χ1) is 14.0. The van der Waals surface area contributed by atoms with Gasteiger partial charge in [-0.25, -0.2) is 4.79 Å². The summed E-state index contributed by atoms with van der Waals surface area (Å²) in [5.41, 5.74) is 3.61. The number of nitrogens with one attached hydrogen (secondary N) is 1. The van der Waals surface area contributed by atoms with E-state index in [9.17, 15) is 14.9 Å². The number of hydrogen-bond acceptors (Lipinski definition) is 4. The highest BCUT2D eigenvalue weighted by Crippen LogP contribution is 2.27. The van der Waals surface area contributed by atoms with Crippen molar-refractivity contribution in [3.05, 3.63) is 87.9 Å². The molecule has 3 rings (SSSR count). The van der Waals surface area contributed by atoms with Crippen LogP contribution in [0.25, 0.3) is 11.1 Å². The van der Waals surface area contributed by atoms with Gasteiger partial charge < -0.3 is 10.1 Å². The van der Waals surface area contributed by atoms with Crippen molar-refractivity contribution < 1.29 is 14.3 Å². The summed E-state index contributed by atoms with van der Waals surface area (Å²) >= 11 is 3.39. The van der Waals surface area contributed by atoms with Crippen LogP contribution in [0.3, 0.4) is 0 Å². The maximum Gasteiger partial charge on any atom is 0.339 e. The van der Waals surface area contributed by atoms with Crippen molar-refractivity contribution in [2.45, 2.75) is 6.92 Å². The van der Waals surface area contributed by atoms with Gasteiger partial charge in [0.15, 0.2) is 6.61 Å². The number of halogens is 1. The number of anilines is 1. The van der Waals surface area contributed by atoms with Crippen molar-refractivity contribution in [1.82, 2.24) is 0 Å². The molecule has 144 valence electrons. The Hall–Kier alpha value is -3.43. The average Bonchev–Trinajstić information content (AvgIpc) is 2.74. The van der Waals surface area contributed by atoms with Crippen LogP contribution in [-0.2, 0) is 9.53 Å². The van der Waals surface area contributed by atoms with E-state index in [1.54, 1.807) is 54.6 Å². The fourth-order valence-electron chi connectivity index (χ4n) is 2.83. The molecule has 29 heavy (non-hydrogen) atoms. The van der Waals surface area contributed by atoms with E-state index in [0.29, 0.717) is 27.9 Å². The number of carbonyl (C=O) groups is 2. The van der Waals surface area contributed by atoms with Crippen LogP contribution in [0, 0.1) is 18.3 Å². The molecule has 0 fully saturated rings. The number of rotatable bonds is 5. The fraction of sp³-hybridized carbons (Fsp3) is 0.0870. The van der Waals surface area contributed by atoms with Crippen LogP contribution < -0.4 is 5.32 Å². The van der Waals surface area contributed by atoms with Crippen LogP contribution in [-0.4, -0.2) is 18.5 Å². The van der Waals surface area contributed by atoms with Crippen molar-refractivity contribution in [3.63, 3.8) is 0 Å². The van der Waals surface area contributed by atoms with Crippen LogP contribution >= 0.6 is 15.9 Å². The lowest BCUT2D eigenvalue weighted by Gasteiger charge is -2.12. The molecule has 0 saturated carbocycles. The second-order valence-electron chi connectivity index (χ2n) is 6.31. The van der Waals surface area contributed by atoms with Crippen LogP contribution in [0.2, 0.25) is 0 Å². The Morgan fingerprint density at radius 3 is 2.45 bits per heavy atom. The first-order valence-corrected chi connectivity index (χ1v) is 9.60. The van der Waals surface area contributed by atoms with Crippen molar-refractivity contribution in [2.24, 2.45) is 0 Å². The van der Waals surface area contributed by atoms with Crippen molar-refractivity contribution in [3.8, 4) is 17.2 Å². The van der Waals surface area contributed by atoms with E-state index in [1.165, 1.54) is 0 Å². The number of aryl methyl sites for hydroxylation is 1. The summed E-state index contributed by atoms with van der Waals surface area (Å²) in [5, 5.41) is 12.0. The highest BCUT2D eigenvalue weighted by Gasteiger charge is 2.17. The second-order valence-corrected chi connectivity index (χ2v) is 7.16. The van der Waals surface area contributed by atoms with E-state index in [-0.39, 0.29) is 0 Å². The number of nitrogens with zero attached hydrogens (tertiary/aromatic N) is 1. The molecule has 3 aromatic rings. The molecule has 3 aromatic carbocycles. The SMILES string of the molecule is Cc1ccc(NC(=O)COC(=O)c2ccccc2-c2ccccc2C#N)c(Br)c1. The molecule has 0 atom stereocenters. The van der Waals surface area contributed by atoms with Crippen molar-refractivity contribution >= 4 is 33.5 Å². The van der Waals surface area contributed by atoms with Gasteiger partial charge in [-0.3, -0.25) is 4.79 Å². The first-order valence-electron chi connectivity index (χ1n) is 8.81. The first kappa shape index (κ1) is 20.3. The standard InChI is InChI=1S/C23H17BrN2O3/c1-15-10-11-21(20(24)12-15)26-22(27)14-29-23(28)19-9-5-4-8-18(19)17-7-3-2-6-16(17)13-25/h2-12H,14H2,1H3,(H,26,27). The van der Waals surface area contributed by atoms with E-state index in [1.807, 2.05) is 19.1 Å². The number of esters is 1. The van der Waals surface area contributed by atoms with E-state index in [4.69, 9.17) is 4.74 Å². The van der Waals surface area contributed by atoms with Gasteiger partial charge in [-0.05, 0) is 58.2 Å². The molecule has 0 aliphatic carbocycles. The lowest BCUT2D eigenvalue weighted by atomic mass is 9.96. The normalized spacial score (nSPS) is 10.1. The smallest absolute Gasteiger partial charge is 0.339 e. The molecule has 0 bridgehead atoms. The maximum absolute atomic E-state index is 12.6. The summed E-state index contributed by atoms with van der Waals surface area (Å²) < 4.78 is 5.96. The summed E-state index contributed by atoms with van der Waals surface area (Å²) in [4.78, 5) is 24.8. The molecule has 0 radical (unpaired) electrons. The van der Waals surface area contributed by atoms with Gasteiger partial charge >= 0.3 is 5.97 Å². The summed E-state index contributed by atoms with van der Waals surface area (Å²) in [6.45, 7) is 1.52. The van der Waals surface area contributed by atoms with Gasteiger partial charge in [0, 0.05) is 10.0 Å². The predicted molar refractivity (Wildman–Crippen MR) is 114 cm³/mol. The van der Waals surface area contributed by atoms with Gasteiger partial charge in [0.05, 0.1) is 22.9 Å². The molecular weight excluding hydrogens is 432 g/mol. The maximum atomic E-state index is 12.6. The van der Waals surface area contributed by atoms with Gasteiger partial charge in [-0.2, -0.15) is 5.26 Å². The van der Waals surface area contributed by atoms with Gasteiger partial charge in [0.1, 0.15) is 0 Å². The molecule has 0 aliphatic rings. The molecule has 5 nitrogen and oxygen atoms in total. The van der Waals surface area contributed by atoms with Gasteiger partial charge in [0.2, 0.25) is 0 Å². The minimum atomic E-state index is -0.633. The molecule has 1 N–H and O–H groups in total. The Morgan fingerprint density at radius 2 is 1.72 bits per heavy atom. The lowest BCUT2D eigenvalue weighted by molar-refractivity contribution is -0.119. The number of amides is 1. The Balaban J connectivity index is 1.73. The zero-order chi connectivity index (χ0) is 20.8. The molecule has 6 heteroatoms. The third-order valence-electron chi connectivity index (χ3n) is 4.22. The molecule has 0 saturated heterocycles. The molecular formula is C23H17BrN2O3. The number of hydrogen-bond donors (Lipinski definition) is 1. The number of benzene rings is 3. The largest absolute Gasteiger partial charge is 0.452 e. The Bertz CT molecular complexity index is 1120. The van der Waals surface area contributed by atoms with E-state index >= 15 is 0 Å². The van der Waals surface area contributed by atoms with Gasteiger partial charge in [-0.15, -0.1) is 0 Å². The molecule has 0 aromatic heterocycles. The highest BCUT2D eigenvalue weighted by atomic mass is 79.9. The highest BCUT2D eigenvalue weighted by molar-refractivity contribution is 9.10. The summed E-state index contributed by atoms with van der Waals surface area (Å²) in [6, 6.07) is 21.5. The molecule has 1 amide bonds. The zero-order valence-electron chi connectivity index (χ0n) is 15.6. The van der Waals surface area contributed by atoms with E-state index in [0.717, 1.165) is 10.0 Å².